The Hall–Kier alpha value is -1.44. The van der Waals surface area contributed by atoms with Gasteiger partial charge in [-0.3, -0.25) is 9.59 Å². The van der Waals surface area contributed by atoms with Crippen LogP contribution in [0.1, 0.15) is 26.7 Å². The molecule has 0 saturated heterocycles. The molecule has 2 heteroatoms. The predicted octanol–water partition coefficient (Wildman–Crippen LogP) is 2.61. The van der Waals surface area contributed by atoms with Crippen LogP contribution in [0.5, 0.6) is 0 Å². The summed E-state index contributed by atoms with van der Waals surface area (Å²) < 4.78 is 0. The van der Waals surface area contributed by atoms with Gasteiger partial charge in [0.2, 0.25) is 0 Å². The van der Waals surface area contributed by atoms with E-state index in [4.69, 9.17) is 0 Å². The lowest BCUT2D eigenvalue weighted by atomic mass is 10.2. The standard InChI is InChI=1S/C12H16O2/c1-3-11(9-13)7-5-6-8-12(4-2)10-14/h5-10H,3-4H2,1-2H3/b6-5+,11-7+,12-8+. The highest BCUT2D eigenvalue weighted by atomic mass is 16.1. The molecule has 14 heavy (non-hydrogen) atoms. The first-order valence-electron chi connectivity index (χ1n) is 4.75. The van der Waals surface area contributed by atoms with E-state index in [0.29, 0.717) is 0 Å². The maximum atomic E-state index is 10.4. The van der Waals surface area contributed by atoms with Crippen molar-refractivity contribution < 1.29 is 9.59 Å². The van der Waals surface area contributed by atoms with Gasteiger partial charge in [0.05, 0.1) is 0 Å². The number of carbonyl (C=O) groups is 2. The van der Waals surface area contributed by atoms with Crippen LogP contribution < -0.4 is 0 Å². The SMILES string of the molecule is CC\C(C=O)=C/C=C/C=C(/C=O)CC. The zero-order valence-electron chi connectivity index (χ0n) is 8.69. The van der Waals surface area contributed by atoms with Crippen molar-refractivity contribution in [2.24, 2.45) is 0 Å². The highest BCUT2D eigenvalue weighted by molar-refractivity contribution is 5.74. The molecular formula is C12H16O2. The minimum Gasteiger partial charge on any atom is -0.298 e. The van der Waals surface area contributed by atoms with Gasteiger partial charge in [0.1, 0.15) is 12.6 Å². The van der Waals surface area contributed by atoms with Crippen molar-refractivity contribution in [3.05, 3.63) is 35.5 Å². The van der Waals surface area contributed by atoms with Crippen LogP contribution in [0.15, 0.2) is 35.5 Å². The van der Waals surface area contributed by atoms with E-state index in [1.54, 1.807) is 24.3 Å². The van der Waals surface area contributed by atoms with Crippen LogP contribution in [-0.2, 0) is 9.59 Å². The van der Waals surface area contributed by atoms with Crippen molar-refractivity contribution >= 4 is 12.6 Å². The molecule has 0 radical (unpaired) electrons. The third-order valence-electron chi connectivity index (χ3n) is 1.85. The first-order chi connectivity index (χ1) is 6.78. The molecule has 0 saturated carbocycles. The second-order valence-corrected chi connectivity index (χ2v) is 2.81. The molecule has 0 aromatic carbocycles. The molecule has 0 fully saturated rings. The lowest BCUT2D eigenvalue weighted by Gasteiger charge is -1.89. The van der Waals surface area contributed by atoms with E-state index in [9.17, 15) is 9.59 Å². The van der Waals surface area contributed by atoms with E-state index in [2.05, 4.69) is 0 Å². The van der Waals surface area contributed by atoms with Crippen LogP contribution in [0.3, 0.4) is 0 Å². The summed E-state index contributed by atoms with van der Waals surface area (Å²) in [5.41, 5.74) is 1.50. The average molecular weight is 192 g/mol. The number of hydrogen-bond donors (Lipinski definition) is 0. The largest absolute Gasteiger partial charge is 0.298 e. The molecule has 0 atom stereocenters. The molecule has 0 spiro atoms. The Balaban J connectivity index is 4.31. The van der Waals surface area contributed by atoms with Gasteiger partial charge < -0.3 is 0 Å². The summed E-state index contributed by atoms with van der Waals surface area (Å²) in [6, 6.07) is 0. The molecule has 0 N–H and O–H groups in total. The maximum Gasteiger partial charge on any atom is 0.146 e. The summed E-state index contributed by atoms with van der Waals surface area (Å²) in [7, 11) is 0. The van der Waals surface area contributed by atoms with Gasteiger partial charge in [-0.15, -0.1) is 0 Å². The van der Waals surface area contributed by atoms with E-state index in [1.165, 1.54) is 0 Å². The number of hydrogen-bond acceptors (Lipinski definition) is 2. The zero-order chi connectivity index (χ0) is 10.8. The second-order valence-electron chi connectivity index (χ2n) is 2.81. The molecule has 0 aliphatic heterocycles. The van der Waals surface area contributed by atoms with Gasteiger partial charge in [-0.05, 0) is 24.0 Å². The third kappa shape index (κ3) is 5.25. The second kappa shape index (κ2) is 8.17. The quantitative estimate of drug-likeness (QED) is 0.368. The number of aldehydes is 2. The van der Waals surface area contributed by atoms with Gasteiger partial charge in [-0.2, -0.15) is 0 Å². The summed E-state index contributed by atoms with van der Waals surface area (Å²) in [6.45, 7) is 3.85. The minimum absolute atomic E-state index is 0.728. The molecule has 0 rings (SSSR count). The highest BCUT2D eigenvalue weighted by Gasteiger charge is 1.87. The number of rotatable bonds is 6. The molecule has 0 unspecified atom stereocenters. The Labute approximate surface area is 85.0 Å². The van der Waals surface area contributed by atoms with Gasteiger partial charge in [-0.1, -0.05) is 38.2 Å². The zero-order valence-corrected chi connectivity index (χ0v) is 8.69. The normalized spacial score (nSPS) is 13.3. The van der Waals surface area contributed by atoms with Crippen LogP contribution in [0.2, 0.25) is 0 Å². The van der Waals surface area contributed by atoms with Crippen molar-refractivity contribution in [3.8, 4) is 0 Å². The smallest absolute Gasteiger partial charge is 0.146 e. The van der Waals surface area contributed by atoms with Crippen LogP contribution in [0, 0.1) is 0 Å². The monoisotopic (exact) mass is 192 g/mol. The van der Waals surface area contributed by atoms with E-state index in [1.807, 2.05) is 13.8 Å². The number of carbonyl (C=O) groups excluding carboxylic acids is 2. The highest BCUT2D eigenvalue weighted by Crippen LogP contribution is 1.98. The van der Waals surface area contributed by atoms with E-state index in [0.717, 1.165) is 36.6 Å². The topological polar surface area (TPSA) is 34.1 Å². The molecule has 0 aromatic heterocycles. The summed E-state index contributed by atoms with van der Waals surface area (Å²) in [4.78, 5) is 20.8. The molecule has 0 aromatic rings. The number of allylic oxidation sites excluding steroid dienone is 6. The van der Waals surface area contributed by atoms with Crippen molar-refractivity contribution in [2.45, 2.75) is 26.7 Å². The molecule has 76 valence electrons. The van der Waals surface area contributed by atoms with Gasteiger partial charge in [0, 0.05) is 0 Å². The first kappa shape index (κ1) is 12.6. The molecule has 0 bridgehead atoms. The molecule has 0 aliphatic carbocycles. The third-order valence-corrected chi connectivity index (χ3v) is 1.85. The molecule has 0 heterocycles. The average Bonchev–Trinajstić information content (AvgIpc) is 2.24. The molecule has 2 nitrogen and oxygen atoms in total. The first-order valence-corrected chi connectivity index (χ1v) is 4.75. The van der Waals surface area contributed by atoms with E-state index < -0.39 is 0 Å². The molecule has 0 aliphatic rings. The van der Waals surface area contributed by atoms with E-state index in [-0.39, 0.29) is 0 Å². The Morgan fingerprint density at radius 1 is 0.857 bits per heavy atom. The summed E-state index contributed by atoms with van der Waals surface area (Å²) >= 11 is 0. The van der Waals surface area contributed by atoms with Crippen molar-refractivity contribution in [1.82, 2.24) is 0 Å². The van der Waals surface area contributed by atoms with Crippen molar-refractivity contribution in [3.63, 3.8) is 0 Å². The fourth-order valence-corrected chi connectivity index (χ4v) is 0.839. The summed E-state index contributed by atoms with van der Waals surface area (Å²) in [6.07, 6.45) is 10.2. The minimum atomic E-state index is 0.728. The van der Waals surface area contributed by atoms with E-state index >= 15 is 0 Å². The summed E-state index contributed by atoms with van der Waals surface area (Å²) in [5, 5.41) is 0. The Morgan fingerprint density at radius 2 is 1.21 bits per heavy atom. The van der Waals surface area contributed by atoms with Gasteiger partial charge in [0.15, 0.2) is 0 Å². The van der Waals surface area contributed by atoms with Crippen molar-refractivity contribution in [2.75, 3.05) is 0 Å². The maximum absolute atomic E-state index is 10.4. The molecule has 0 amide bonds. The van der Waals surface area contributed by atoms with Crippen LogP contribution in [0.4, 0.5) is 0 Å². The summed E-state index contributed by atoms with van der Waals surface area (Å²) in [5.74, 6) is 0. The lowest BCUT2D eigenvalue weighted by Crippen LogP contribution is -1.80. The van der Waals surface area contributed by atoms with Gasteiger partial charge in [0.25, 0.3) is 0 Å². The van der Waals surface area contributed by atoms with Crippen LogP contribution >= 0.6 is 0 Å². The Kier molecular flexibility index (Phi) is 7.33. The fourth-order valence-electron chi connectivity index (χ4n) is 0.839. The van der Waals surface area contributed by atoms with Crippen LogP contribution in [0.25, 0.3) is 0 Å². The predicted molar refractivity (Wildman–Crippen MR) is 58.0 cm³/mol. The molecular weight excluding hydrogens is 176 g/mol. The fraction of sp³-hybridized carbons (Fsp3) is 0.333. The van der Waals surface area contributed by atoms with Gasteiger partial charge in [-0.25, -0.2) is 0 Å². The van der Waals surface area contributed by atoms with Crippen molar-refractivity contribution in [1.29, 1.82) is 0 Å². The van der Waals surface area contributed by atoms with Gasteiger partial charge >= 0.3 is 0 Å². The van der Waals surface area contributed by atoms with Crippen LogP contribution in [-0.4, -0.2) is 12.6 Å². The Morgan fingerprint density at radius 3 is 1.43 bits per heavy atom. The lowest BCUT2D eigenvalue weighted by molar-refractivity contribution is -0.105. The Bertz CT molecular complexity index is 242.